The zero-order chi connectivity index (χ0) is 16.2. The Kier molecular flexibility index (Phi) is 5.07. The lowest BCUT2D eigenvalue weighted by Gasteiger charge is -2.09. The summed E-state index contributed by atoms with van der Waals surface area (Å²) in [5.41, 5.74) is -0.107. The van der Waals surface area contributed by atoms with Gasteiger partial charge in [-0.05, 0) is 5.92 Å². The van der Waals surface area contributed by atoms with Crippen LogP contribution in [0.5, 0.6) is 5.75 Å². The van der Waals surface area contributed by atoms with E-state index in [0.29, 0.717) is 12.1 Å². The van der Waals surface area contributed by atoms with Gasteiger partial charge in [0.05, 0.1) is 26.9 Å². The van der Waals surface area contributed by atoms with Gasteiger partial charge in [-0.2, -0.15) is 5.48 Å². The van der Waals surface area contributed by atoms with Gasteiger partial charge in [0.15, 0.2) is 0 Å². The standard InChI is InChI=1S/C10H12N4O7/c1-6(2)5-11-21-10-8(13(17)18)3-7(12(15)16)4-9(10)14(19)20/h3-4,6,11H,5H2,1-2H3. The SMILES string of the molecule is CC(C)CNOc1c([N+](=O)[O-])cc([N+](=O)[O-])cc1[N+](=O)[O-]. The Hall–Kier alpha value is -2.82. The third-order valence-corrected chi connectivity index (χ3v) is 2.30. The molecule has 0 saturated heterocycles. The van der Waals surface area contributed by atoms with E-state index in [4.69, 9.17) is 4.84 Å². The van der Waals surface area contributed by atoms with Crippen LogP contribution >= 0.6 is 0 Å². The minimum Gasteiger partial charge on any atom is -0.394 e. The number of hydrogen-bond donors (Lipinski definition) is 1. The van der Waals surface area contributed by atoms with E-state index in [2.05, 4.69) is 5.48 Å². The van der Waals surface area contributed by atoms with Crippen molar-refractivity contribution in [2.75, 3.05) is 6.54 Å². The van der Waals surface area contributed by atoms with E-state index in [1.807, 2.05) is 13.8 Å². The van der Waals surface area contributed by atoms with Crippen molar-refractivity contribution >= 4 is 17.1 Å². The van der Waals surface area contributed by atoms with Gasteiger partial charge < -0.3 is 4.84 Å². The number of benzene rings is 1. The van der Waals surface area contributed by atoms with Crippen molar-refractivity contribution in [3.05, 3.63) is 42.5 Å². The first-order chi connectivity index (χ1) is 9.73. The summed E-state index contributed by atoms with van der Waals surface area (Å²) in [6.07, 6.45) is 0. The first-order valence-corrected chi connectivity index (χ1v) is 5.75. The van der Waals surface area contributed by atoms with Crippen molar-refractivity contribution in [1.29, 1.82) is 0 Å². The molecule has 21 heavy (non-hydrogen) atoms. The summed E-state index contributed by atoms with van der Waals surface area (Å²) in [5.74, 6) is -0.544. The van der Waals surface area contributed by atoms with Gasteiger partial charge in [0.1, 0.15) is 0 Å². The van der Waals surface area contributed by atoms with Crippen LogP contribution in [0.15, 0.2) is 12.1 Å². The Balaban J connectivity index is 3.32. The zero-order valence-electron chi connectivity index (χ0n) is 11.1. The zero-order valence-corrected chi connectivity index (χ0v) is 11.1. The van der Waals surface area contributed by atoms with Gasteiger partial charge in [-0.1, -0.05) is 13.8 Å². The summed E-state index contributed by atoms with van der Waals surface area (Å²) in [5, 5.41) is 32.5. The monoisotopic (exact) mass is 300 g/mol. The molecular weight excluding hydrogens is 288 g/mol. The molecule has 0 unspecified atom stereocenters. The molecule has 0 fully saturated rings. The van der Waals surface area contributed by atoms with Crippen molar-refractivity contribution in [3.63, 3.8) is 0 Å². The lowest BCUT2D eigenvalue weighted by atomic mass is 10.2. The predicted molar refractivity (Wildman–Crippen MR) is 69.9 cm³/mol. The molecule has 0 radical (unpaired) electrons. The molecular formula is C10H12N4O7. The second-order valence-electron chi connectivity index (χ2n) is 4.43. The largest absolute Gasteiger partial charge is 0.394 e. The maximum Gasteiger partial charge on any atom is 0.327 e. The fourth-order valence-electron chi connectivity index (χ4n) is 1.35. The van der Waals surface area contributed by atoms with Gasteiger partial charge in [-0.15, -0.1) is 0 Å². The van der Waals surface area contributed by atoms with Crippen molar-refractivity contribution in [3.8, 4) is 5.75 Å². The van der Waals surface area contributed by atoms with E-state index in [1.165, 1.54) is 0 Å². The smallest absolute Gasteiger partial charge is 0.327 e. The van der Waals surface area contributed by atoms with E-state index in [9.17, 15) is 30.3 Å². The molecule has 0 aliphatic carbocycles. The summed E-state index contributed by atoms with van der Waals surface area (Å²) in [7, 11) is 0. The Labute approximate surface area is 117 Å². The van der Waals surface area contributed by atoms with Crippen LogP contribution in [0.1, 0.15) is 13.8 Å². The van der Waals surface area contributed by atoms with Crippen molar-refractivity contribution in [1.82, 2.24) is 5.48 Å². The molecule has 1 N–H and O–H groups in total. The Morgan fingerprint density at radius 1 is 1.05 bits per heavy atom. The lowest BCUT2D eigenvalue weighted by molar-refractivity contribution is -0.404. The first-order valence-electron chi connectivity index (χ1n) is 5.75. The van der Waals surface area contributed by atoms with E-state index < -0.39 is 37.6 Å². The number of nitro benzene ring substituents is 3. The Morgan fingerprint density at radius 3 is 1.86 bits per heavy atom. The molecule has 0 aliphatic heterocycles. The first kappa shape index (κ1) is 16.2. The third-order valence-electron chi connectivity index (χ3n) is 2.30. The molecule has 0 aromatic heterocycles. The highest BCUT2D eigenvalue weighted by Crippen LogP contribution is 2.39. The molecule has 0 bridgehead atoms. The molecule has 0 heterocycles. The Bertz CT molecular complexity index is 552. The van der Waals surface area contributed by atoms with Gasteiger partial charge >= 0.3 is 17.1 Å². The number of hydrogen-bond acceptors (Lipinski definition) is 8. The molecule has 0 spiro atoms. The fraction of sp³-hybridized carbons (Fsp3) is 0.400. The summed E-state index contributed by atoms with van der Waals surface area (Å²) < 4.78 is 0. The van der Waals surface area contributed by atoms with Crippen LogP contribution in [0, 0.1) is 36.3 Å². The average Bonchev–Trinajstić information content (AvgIpc) is 2.37. The average molecular weight is 300 g/mol. The van der Waals surface area contributed by atoms with Crippen LogP contribution in [0.3, 0.4) is 0 Å². The predicted octanol–water partition coefficient (Wildman–Crippen LogP) is 1.95. The van der Waals surface area contributed by atoms with Crippen LogP contribution in [-0.2, 0) is 0 Å². The normalized spacial score (nSPS) is 10.4. The summed E-state index contributed by atoms with van der Waals surface area (Å²) >= 11 is 0. The minimum absolute atomic E-state index is 0.126. The molecule has 1 aromatic carbocycles. The van der Waals surface area contributed by atoms with E-state index in [-0.39, 0.29) is 12.5 Å². The van der Waals surface area contributed by atoms with Gasteiger partial charge in [-0.3, -0.25) is 30.3 Å². The molecule has 1 rings (SSSR count). The topological polar surface area (TPSA) is 151 Å². The molecule has 0 amide bonds. The van der Waals surface area contributed by atoms with Crippen LogP contribution < -0.4 is 10.3 Å². The van der Waals surface area contributed by atoms with E-state index in [0.717, 1.165) is 0 Å². The highest BCUT2D eigenvalue weighted by molar-refractivity contribution is 5.65. The van der Waals surface area contributed by atoms with Gasteiger partial charge in [-0.25, -0.2) is 0 Å². The maximum atomic E-state index is 10.9. The van der Waals surface area contributed by atoms with Crippen molar-refractivity contribution < 1.29 is 19.6 Å². The van der Waals surface area contributed by atoms with E-state index >= 15 is 0 Å². The highest BCUT2D eigenvalue weighted by atomic mass is 16.7. The van der Waals surface area contributed by atoms with Crippen LogP contribution in [0.4, 0.5) is 17.1 Å². The number of nitro groups is 3. The molecule has 0 aliphatic rings. The maximum absolute atomic E-state index is 10.9. The molecule has 114 valence electrons. The van der Waals surface area contributed by atoms with Crippen molar-refractivity contribution in [2.24, 2.45) is 5.92 Å². The minimum atomic E-state index is -0.980. The fourth-order valence-corrected chi connectivity index (χ4v) is 1.35. The third kappa shape index (κ3) is 4.07. The molecule has 1 aromatic rings. The molecule has 0 saturated carbocycles. The van der Waals surface area contributed by atoms with Crippen LogP contribution in [0.25, 0.3) is 0 Å². The summed E-state index contributed by atoms with van der Waals surface area (Å²) in [4.78, 5) is 34.5. The summed E-state index contributed by atoms with van der Waals surface area (Å²) in [6.45, 7) is 3.94. The van der Waals surface area contributed by atoms with Crippen LogP contribution in [0.2, 0.25) is 0 Å². The highest BCUT2D eigenvalue weighted by Gasteiger charge is 2.32. The number of rotatable bonds is 7. The molecule has 0 atom stereocenters. The molecule has 11 nitrogen and oxygen atoms in total. The number of nitrogens with zero attached hydrogens (tertiary/aromatic N) is 3. The second-order valence-corrected chi connectivity index (χ2v) is 4.43. The van der Waals surface area contributed by atoms with Gasteiger partial charge in [0, 0.05) is 6.54 Å². The molecule has 11 heteroatoms. The number of non-ortho nitro benzene ring substituents is 1. The lowest BCUT2D eigenvalue weighted by Crippen LogP contribution is -2.24. The van der Waals surface area contributed by atoms with E-state index in [1.54, 1.807) is 0 Å². The number of nitrogens with one attached hydrogen (secondary N) is 1. The van der Waals surface area contributed by atoms with Crippen LogP contribution in [-0.4, -0.2) is 21.3 Å². The quantitative estimate of drug-likeness (QED) is 0.592. The number of hydroxylamine groups is 1. The van der Waals surface area contributed by atoms with Crippen molar-refractivity contribution in [2.45, 2.75) is 13.8 Å². The second kappa shape index (κ2) is 6.56. The van der Waals surface area contributed by atoms with Gasteiger partial charge in [0.2, 0.25) is 0 Å². The van der Waals surface area contributed by atoms with Gasteiger partial charge in [0.25, 0.3) is 5.69 Å². The summed E-state index contributed by atoms with van der Waals surface area (Å²) in [6, 6.07) is 1.22. The Morgan fingerprint density at radius 2 is 1.52 bits per heavy atom.